The van der Waals surface area contributed by atoms with Gasteiger partial charge in [-0.15, -0.1) is 0 Å². The van der Waals surface area contributed by atoms with Gasteiger partial charge >= 0.3 is 0 Å². The number of thioether (sulfide) groups is 1. The molecule has 3 nitrogen and oxygen atoms in total. The molecule has 4 heteroatoms. The molecule has 1 unspecified atom stereocenters. The fraction of sp³-hybridized carbons (Fsp3) is 0.368. The average molecular weight is 330 g/mol. The molecule has 122 valence electrons. The summed E-state index contributed by atoms with van der Waals surface area (Å²) in [5, 5.41) is 0. The van der Waals surface area contributed by atoms with Gasteiger partial charge in [0, 0.05) is 11.0 Å². The Hall–Kier alpha value is -1.65. The maximum absolute atomic E-state index is 5.93. The van der Waals surface area contributed by atoms with Crippen LogP contribution in [0.15, 0.2) is 53.4 Å². The van der Waals surface area contributed by atoms with E-state index < -0.39 is 0 Å². The van der Waals surface area contributed by atoms with Gasteiger partial charge in [0.2, 0.25) is 0 Å². The molecule has 0 N–H and O–H groups in total. The van der Waals surface area contributed by atoms with Crippen LogP contribution in [-0.2, 0) is 11.3 Å². The maximum atomic E-state index is 5.93. The van der Waals surface area contributed by atoms with Crippen LogP contribution in [0.1, 0.15) is 18.9 Å². The Labute approximate surface area is 142 Å². The van der Waals surface area contributed by atoms with E-state index in [1.54, 1.807) is 18.9 Å². The fourth-order valence-corrected chi connectivity index (χ4v) is 3.77. The molecule has 2 atom stereocenters. The monoisotopic (exact) mass is 330 g/mol. The Morgan fingerprint density at radius 2 is 1.91 bits per heavy atom. The maximum Gasteiger partial charge on any atom is 0.124 e. The van der Waals surface area contributed by atoms with Crippen molar-refractivity contribution in [2.45, 2.75) is 30.3 Å². The lowest BCUT2D eigenvalue weighted by molar-refractivity contribution is 0.166. The Kier molecular flexibility index (Phi) is 5.47. The van der Waals surface area contributed by atoms with E-state index in [0.29, 0.717) is 12.5 Å². The van der Waals surface area contributed by atoms with Crippen molar-refractivity contribution in [3.05, 3.63) is 54.1 Å². The predicted molar refractivity (Wildman–Crippen MR) is 93.1 cm³/mol. The summed E-state index contributed by atoms with van der Waals surface area (Å²) in [6, 6.07) is 16.2. The van der Waals surface area contributed by atoms with Gasteiger partial charge in [0.25, 0.3) is 0 Å². The molecule has 0 bridgehead atoms. The molecule has 1 aliphatic rings. The number of hydrogen-bond acceptors (Lipinski definition) is 4. The minimum absolute atomic E-state index is 0.221. The van der Waals surface area contributed by atoms with Gasteiger partial charge < -0.3 is 14.2 Å². The van der Waals surface area contributed by atoms with Crippen LogP contribution in [0.2, 0.25) is 0 Å². The Bertz CT molecular complexity index is 630. The van der Waals surface area contributed by atoms with Crippen LogP contribution >= 0.6 is 11.8 Å². The van der Waals surface area contributed by atoms with Crippen LogP contribution in [-0.4, -0.2) is 19.2 Å². The summed E-state index contributed by atoms with van der Waals surface area (Å²) < 4.78 is 17.1. The minimum atomic E-state index is 0.221. The van der Waals surface area contributed by atoms with Crippen LogP contribution in [0.25, 0.3) is 0 Å². The molecule has 0 aliphatic carbocycles. The van der Waals surface area contributed by atoms with E-state index in [1.165, 1.54) is 0 Å². The van der Waals surface area contributed by atoms with Crippen molar-refractivity contribution in [2.24, 2.45) is 5.92 Å². The van der Waals surface area contributed by atoms with Crippen molar-refractivity contribution >= 4 is 11.8 Å². The van der Waals surface area contributed by atoms with Gasteiger partial charge in [-0.2, -0.15) is 0 Å². The van der Waals surface area contributed by atoms with Crippen LogP contribution < -0.4 is 9.47 Å². The molecular weight excluding hydrogens is 308 g/mol. The Morgan fingerprint density at radius 3 is 2.61 bits per heavy atom. The second-order valence-corrected chi connectivity index (χ2v) is 7.07. The van der Waals surface area contributed by atoms with Gasteiger partial charge in [0.15, 0.2) is 0 Å². The number of hydrogen-bond donors (Lipinski definition) is 0. The van der Waals surface area contributed by atoms with Crippen LogP contribution in [0.4, 0.5) is 0 Å². The lowest BCUT2D eigenvalue weighted by atomic mass is 10.2. The van der Waals surface area contributed by atoms with Gasteiger partial charge in [-0.1, -0.05) is 49.0 Å². The van der Waals surface area contributed by atoms with Crippen molar-refractivity contribution in [3.63, 3.8) is 0 Å². The molecule has 1 fully saturated rings. The number of ether oxygens (including phenoxy) is 3. The summed E-state index contributed by atoms with van der Waals surface area (Å²) in [6.45, 7) is 3.62. The number of methoxy groups -OCH3 is 1. The third kappa shape index (κ3) is 4.66. The number of benzene rings is 2. The summed E-state index contributed by atoms with van der Waals surface area (Å²) in [6.07, 6.45) is 1.09. The van der Waals surface area contributed by atoms with Crippen LogP contribution in [0.3, 0.4) is 0 Å². The van der Waals surface area contributed by atoms with E-state index in [4.69, 9.17) is 14.2 Å². The molecule has 0 aromatic heterocycles. The lowest BCUT2D eigenvalue weighted by Crippen LogP contribution is -1.99. The highest BCUT2D eigenvalue weighted by molar-refractivity contribution is 7.99. The van der Waals surface area contributed by atoms with E-state index in [-0.39, 0.29) is 5.44 Å². The van der Waals surface area contributed by atoms with Crippen molar-refractivity contribution in [2.75, 3.05) is 13.7 Å². The molecule has 2 aromatic carbocycles. The normalized spacial score (nSPS) is 20.4. The molecule has 2 aromatic rings. The zero-order valence-electron chi connectivity index (χ0n) is 13.5. The summed E-state index contributed by atoms with van der Waals surface area (Å²) in [5.41, 5.74) is 1.37. The molecule has 1 saturated heterocycles. The first-order chi connectivity index (χ1) is 11.2. The van der Waals surface area contributed by atoms with E-state index in [1.807, 2.05) is 30.3 Å². The zero-order chi connectivity index (χ0) is 16.1. The highest BCUT2D eigenvalue weighted by Crippen LogP contribution is 2.36. The van der Waals surface area contributed by atoms with Crippen LogP contribution in [0.5, 0.6) is 11.5 Å². The van der Waals surface area contributed by atoms with Crippen molar-refractivity contribution < 1.29 is 14.2 Å². The highest BCUT2D eigenvalue weighted by Gasteiger charge is 2.23. The quantitative estimate of drug-likeness (QED) is 0.764. The van der Waals surface area contributed by atoms with E-state index in [2.05, 4.69) is 25.1 Å². The molecule has 0 saturated carbocycles. The van der Waals surface area contributed by atoms with E-state index >= 15 is 0 Å². The van der Waals surface area contributed by atoms with Gasteiger partial charge in [0.1, 0.15) is 23.5 Å². The molecule has 0 amide bonds. The third-order valence-electron chi connectivity index (χ3n) is 3.77. The standard InChI is InChI=1S/C19H22O3S/c1-14-8-19(22-12-14)23-18-10-16(20-2)9-17(11-18)21-13-15-6-4-3-5-7-15/h3-7,9-11,14,19H,8,12-13H2,1-2H3/t14-,19?/m1/s1. The first-order valence-electron chi connectivity index (χ1n) is 7.87. The predicted octanol–water partition coefficient (Wildman–Crippen LogP) is 4.75. The molecule has 3 rings (SSSR count). The van der Waals surface area contributed by atoms with Crippen molar-refractivity contribution in [1.82, 2.24) is 0 Å². The van der Waals surface area contributed by atoms with Crippen molar-refractivity contribution in [1.29, 1.82) is 0 Å². The third-order valence-corrected chi connectivity index (χ3v) is 4.87. The summed E-state index contributed by atoms with van der Waals surface area (Å²) in [5.74, 6) is 2.26. The second kappa shape index (κ2) is 7.75. The Balaban J connectivity index is 1.68. The first kappa shape index (κ1) is 16.2. The SMILES string of the molecule is COc1cc(OCc2ccccc2)cc(SC2C[C@@H](C)CO2)c1. The van der Waals surface area contributed by atoms with E-state index in [0.717, 1.165) is 35.0 Å². The van der Waals surface area contributed by atoms with Gasteiger partial charge in [-0.3, -0.25) is 0 Å². The minimum Gasteiger partial charge on any atom is -0.497 e. The summed E-state index contributed by atoms with van der Waals surface area (Å²) in [7, 11) is 1.68. The summed E-state index contributed by atoms with van der Waals surface area (Å²) >= 11 is 1.74. The van der Waals surface area contributed by atoms with Crippen molar-refractivity contribution in [3.8, 4) is 11.5 Å². The second-order valence-electron chi connectivity index (χ2n) is 5.84. The fourth-order valence-electron chi connectivity index (χ4n) is 2.53. The van der Waals surface area contributed by atoms with Gasteiger partial charge in [0.05, 0.1) is 13.7 Å². The topological polar surface area (TPSA) is 27.7 Å². The molecule has 23 heavy (non-hydrogen) atoms. The molecule has 0 spiro atoms. The Morgan fingerprint density at radius 1 is 1.13 bits per heavy atom. The largest absolute Gasteiger partial charge is 0.497 e. The smallest absolute Gasteiger partial charge is 0.124 e. The molecule has 1 aliphatic heterocycles. The lowest BCUT2D eigenvalue weighted by Gasteiger charge is -2.13. The molecular formula is C19H22O3S. The summed E-state index contributed by atoms with van der Waals surface area (Å²) in [4.78, 5) is 1.12. The highest BCUT2D eigenvalue weighted by atomic mass is 32.2. The van der Waals surface area contributed by atoms with Gasteiger partial charge in [-0.05, 0) is 30.0 Å². The number of rotatable bonds is 6. The first-order valence-corrected chi connectivity index (χ1v) is 8.75. The molecule has 0 radical (unpaired) electrons. The van der Waals surface area contributed by atoms with Crippen LogP contribution in [0, 0.1) is 5.92 Å². The molecule has 1 heterocycles. The zero-order valence-corrected chi connectivity index (χ0v) is 14.3. The average Bonchev–Trinajstić information content (AvgIpc) is 2.98. The van der Waals surface area contributed by atoms with E-state index in [9.17, 15) is 0 Å². The van der Waals surface area contributed by atoms with Gasteiger partial charge in [-0.25, -0.2) is 0 Å².